The van der Waals surface area contributed by atoms with Crippen molar-refractivity contribution in [1.29, 1.82) is 0 Å². The highest BCUT2D eigenvalue weighted by Crippen LogP contribution is 2.49. The third kappa shape index (κ3) is 5.50. The van der Waals surface area contributed by atoms with Crippen molar-refractivity contribution in [1.82, 2.24) is 4.98 Å². The second-order valence-corrected chi connectivity index (χ2v) is 9.81. The molecule has 5 rings (SSSR count). The molecule has 0 radical (unpaired) electrons. The van der Waals surface area contributed by atoms with Crippen LogP contribution in [0.25, 0.3) is 22.3 Å². The number of hydrogen-bond donors (Lipinski definition) is 1. The Bertz CT molecular complexity index is 1330. The van der Waals surface area contributed by atoms with Gasteiger partial charge in [-0.1, -0.05) is 78.9 Å². The lowest BCUT2D eigenvalue weighted by atomic mass is 9.92. The van der Waals surface area contributed by atoms with Crippen molar-refractivity contribution >= 4 is 5.97 Å². The van der Waals surface area contributed by atoms with Gasteiger partial charge in [0.05, 0.1) is 18.1 Å². The Labute approximate surface area is 219 Å². The van der Waals surface area contributed by atoms with Crippen LogP contribution in [0.5, 0.6) is 0 Å². The summed E-state index contributed by atoms with van der Waals surface area (Å²) < 4.78 is 5.30. The SMILES string of the molecule is CCOC(=O)C1(c2ccc(-c3ccc(-c4cnccc4CCCC(O)c4ccccc4)cc3)cc2)CC1. The molecule has 4 heteroatoms. The first kappa shape index (κ1) is 24.9. The minimum absolute atomic E-state index is 0.103. The van der Waals surface area contributed by atoms with Crippen LogP contribution in [0.4, 0.5) is 0 Å². The van der Waals surface area contributed by atoms with Gasteiger partial charge in [0.1, 0.15) is 0 Å². The third-order valence-corrected chi connectivity index (χ3v) is 7.40. The van der Waals surface area contributed by atoms with E-state index in [0.29, 0.717) is 6.61 Å². The number of aryl methyl sites for hydroxylation is 1. The standard InChI is InChI=1S/C33H33NO3/c1-2-37-32(36)33(20-21-33)29-17-15-25(16-18-29)24-11-13-27(14-12-24)30-23-34-22-19-26(30)9-6-10-31(35)28-7-4-3-5-8-28/h3-5,7-8,11-19,22-23,31,35H,2,6,9-10,20-21H2,1H3. The molecule has 188 valence electrons. The highest BCUT2D eigenvalue weighted by atomic mass is 16.5. The maximum absolute atomic E-state index is 12.4. The van der Waals surface area contributed by atoms with Gasteiger partial charge >= 0.3 is 5.97 Å². The topological polar surface area (TPSA) is 59.4 Å². The van der Waals surface area contributed by atoms with Crippen LogP contribution in [0.3, 0.4) is 0 Å². The molecule has 1 aromatic heterocycles. The van der Waals surface area contributed by atoms with Crippen molar-refractivity contribution in [2.24, 2.45) is 0 Å². The van der Waals surface area contributed by atoms with E-state index < -0.39 is 11.5 Å². The van der Waals surface area contributed by atoms with E-state index in [1.807, 2.05) is 49.6 Å². The lowest BCUT2D eigenvalue weighted by Gasteiger charge is -2.15. The minimum Gasteiger partial charge on any atom is -0.465 e. The van der Waals surface area contributed by atoms with Crippen LogP contribution < -0.4 is 0 Å². The first-order valence-corrected chi connectivity index (χ1v) is 13.2. The van der Waals surface area contributed by atoms with E-state index in [9.17, 15) is 9.90 Å². The molecule has 4 aromatic rings. The summed E-state index contributed by atoms with van der Waals surface area (Å²) >= 11 is 0. The molecule has 1 atom stereocenters. The number of nitrogens with zero attached hydrogens (tertiary/aromatic N) is 1. The van der Waals surface area contributed by atoms with Gasteiger partial charge in [0.15, 0.2) is 0 Å². The number of carbonyl (C=O) groups excluding carboxylic acids is 1. The Morgan fingerprint density at radius 3 is 2.22 bits per heavy atom. The van der Waals surface area contributed by atoms with Gasteiger partial charge in [-0.15, -0.1) is 0 Å². The van der Waals surface area contributed by atoms with E-state index in [4.69, 9.17) is 4.74 Å². The first-order valence-electron chi connectivity index (χ1n) is 13.2. The molecular formula is C33H33NO3. The molecule has 0 amide bonds. The van der Waals surface area contributed by atoms with Crippen molar-refractivity contribution in [3.63, 3.8) is 0 Å². The largest absolute Gasteiger partial charge is 0.465 e. The number of hydrogen-bond acceptors (Lipinski definition) is 4. The number of carbonyl (C=O) groups is 1. The Morgan fingerprint density at radius 1 is 0.919 bits per heavy atom. The fourth-order valence-electron chi connectivity index (χ4n) is 5.06. The monoisotopic (exact) mass is 491 g/mol. The van der Waals surface area contributed by atoms with Gasteiger partial charge in [0, 0.05) is 18.0 Å². The van der Waals surface area contributed by atoms with Gasteiger partial charge in [0.2, 0.25) is 0 Å². The zero-order chi connectivity index (χ0) is 25.7. The Hall–Kier alpha value is -3.76. The number of ether oxygens (including phenoxy) is 1. The van der Waals surface area contributed by atoms with E-state index in [1.54, 1.807) is 0 Å². The van der Waals surface area contributed by atoms with Crippen molar-refractivity contribution in [2.45, 2.75) is 50.5 Å². The summed E-state index contributed by atoms with van der Waals surface area (Å²) in [5, 5.41) is 10.5. The molecule has 1 saturated carbocycles. The zero-order valence-electron chi connectivity index (χ0n) is 21.3. The van der Waals surface area contributed by atoms with Gasteiger partial charge in [-0.3, -0.25) is 9.78 Å². The Balaban J connectivity index is 1.26. The molecule has 0 spiro atoms. The molecule has 4 nitrogen and oxygen atoms in total. The van der Waals surface area contributed by atoms with Gasteiger partial charge in [-0.2, -0.15) is 0 Å². The van der Waals surface area contributed by atoms with E-state index in [2.05, 4.69) is 59.6 Å². The first-order chi connectivity index (χ1) is 18.1. The van der Waals surface area contributed by atoms with Crippen LogP contribution in [-0.4, -0.2) is 22.7 Å². The molecule has 1 aliphatic carbocycles. The van der Waals surface area contributed by atoms with Gasteiger partial charge in [0.25, 0.3) is 0 Å². The van der Waals surface area contributed by atoms with Crippen molar-refractivity contribution < 1.29 is 14.6 Å². The number of rotatable bonds is 10. The molecule has 0 saturated heterocycles. The lowest BCUT2D eigenvalue weighted by molar-refractivity contribution is -0.146. The number of aliphatic hydroxyl groups is 1. The van der Waals surface area contributed by atoms with Gasteiger partial charge < -0.3 is 9.84 Å². The molecule has 1 aliphatic rings. The van der Waals surface area contributed by atoms with Gasteiger partial charge in [-0.05, 0) is 78.5 Å². The van der Waals surface area contributed by atoms with Crippen LogP contribution in [0, 0.1) is 0 Å². The van der Waals surface area contributed by atoms with Gasteiger partial charge in [-0.25, -0.2) is 0 Å². The van der Waals surface area contributed by atoms with Crippen LogP contribution in [-0.2, 0) is 21.4 Å². The van der Waals surface area contributed by atoms with E-state index >= 15 is 0 Å². The Kier molecular flexibility index (Phi) is 7.47. The summed E-state index contributed by atoms with van der Waals surface area (Å²) in [5.74, 6) is -0.103. The summed E-state index contributed by atoms with van der Waals surface area (Å²) in [6.45, 7) is 2.27. The fourth-order valence-corrected chi connectivity index (χ4v) is 5.06. The highest BCUT2D eigenvalue weighted by molar-refractivity contribution is 5.87. The third-order valence-electron chi connectivity index (χ3n) is 7.40. The molecule has 3 aromatic carbocycles. The van der Waals surface area contributed by atoms with Crippen LogP contribution in [0.1, 0.15) is 55.4 Å². The summed E-state index contributed by atoms with van der Waals surface area (Å²) in [5.41, 5.74) is 7.32. The predicted octanol–water partition coefficient (Wildman–Crippen LogP) is 7.07. The number of pyridine rings is 1. The summed E-state index contributed by atoms with van der Waals surface area (Å²) in [4.78, 5) is 16.8. The maximum atomic E-state index is 12.4. The molecule has 1 fully saturated rings. The van der Waals surface area contributed by atoms with Crippen LogP contribution in [0.2, 0.25) is 0 Å². The predicted molar refractivity (Wildman–Crippen MR) is 147 cm³/mol. The smallest absolute Gasteiger partial charge is 0.316 e. The lowest BCUT2D eigenvalue weighted by Crippen LogP contribution is -2.23. The summed E-state index contributed by atoms with van der Waals surface area (Å²) in [6.07, 6.45) is 7.54. The average molecular weight is 492 g/mol. The second kappa shape index (κ2) is 11.1. The summed E-state index contributed by atoms with van der Waals surface area (Å²) in [7, 11) is 0. The van der Waals surface area contributed by atoms with Crippen molar-refractivity contribution in [3.8, 4) is 22.3 Å². The fraction of sp³-hybridized carbons (Fsp3) is 0.273. The number of aromatic nitrogens is 1. The number of esters is 1. The highest BCUT2D eigenvalue weighted by Gasteiger charge is 2.52. The van der Waals surface area contributed by atoms with Crippen molar-refractivity contribution in [3.05, 3.63) is 114 Å². The quantitative estimate of drug-likeness (QED) is 0.241. The second-order valence-electron chi connectivity index (χ2n) is 9.81. The summed E-state index contributed by atoms with van der Waals surface area (Å²) in [6, 6.07) is 28.8. The molecule has 0 bridgehead atoms. The molecule has 1 unspecified atom stereocenters. The zero-order valence-corrected chi connectivity index (χ0v) is 21.3. The van der Waals surface area contributed by atoms with Crippen LogP contribution in [0.15, 0.2) is 97.3 Å². The molecular weight excluding hydrogens is 458 g/mol. The molecule has 1 heterocycles. The number of aliphatic hydroxyl groups excluding tert-OH is 1. The molecule has 1 N–H and O–H groups in total. The van der Waals surface area contributed by atoms with Crippen LogP contribution >= 0.6 is 0 Å². The van der Waals surface area contributed by atoms with Crippen molar-refractivity contribution in [2.75, 3.05) is 6.61 Å². The molecule has 0 aliphatic heterocycles. The minimum atomic E-state index is -0.441. The number of benzene rings is 3. The average Bonchev–Trinajstić information content (AvgIpc) is 3.77. The maximum Gasteiger partial charge on any atom is 0.316 e. The normalized spacial score (nSPS) is 14.6. The van der Waals surface area contributed by atoms with E-state index in [-0.39, 0.29) is 5.97 Å². The van der Waals surface area contributed by atoms with E-state index in [1.165, 1.54) is 5.56 Å². The Morgan fingerprint density at radius 2 is 1.57 bits per heavy atom. The molecule has 37 heavy (non-hydrogen) atoms. The van der Waals surface area contributed by atoms with E-state index in [0.717, 1.165) is 65.5 Å².